The minimum Gasteiger partial charge on any atom is -0.393 e. The Hall–Kier alpha value is -1.35. The van der Waals surface area contributed by atoms with Crippen LogP contribution in [-0.4, -0.2) is 23.2 Å². The number of aliphatic hydroxyl groups is 1. The molecule has 2 atom stereocenters. The Kier molecular flexibility index (Phi) is 6.92. The third-order valence-electron chi connectivity index (χ3n) is 6.17. The molecule has 0 spiro atoms. The van der Waals surface area contributed by atoms with E-state index < -0.39 is 0 Å². The summed E-state index contributed by atoms with van der Waals surface area (Å²) in [5, 5.41) is 12.9. The molecule has 1 aromatic rings. The first-order valence-electron chi connectivity index (χ1n) is 10.2. The van der Waals surface area contributed by atoms with E-state index in [0.29, 0.717) is 5.92 Å². The molecule has 3 heteroatoms. The van der Waals surface area contributed by atoms with Gasteiger partial charge < -0.3 is 10.4 Å². The minimum absolute atomic E-state index is 0.156. The lowest BCUT2D eigenvalue weighted by Crippen LogP contribution is -2.42. The Morgan fingerprint density at radius 3 is 2.52 bits per heavy atom. The van der Waals surface area contributed by atoms with Crippen molar-refractivity contribution in [1.29, 1.82) is 0 Å². The molecule has 2 fully saturated rings. The predicted octanol–water partition coefficient (Wildman–Crippen LogP) is 4.24. The van der Waals surface area contributed by atoms with Crippen LogP contribution in [-0.2, 0) is 11.2 Å². The van der Waals surface area contributed by atoms with Crippen LogP contribution in [0.25, 0.3) is 0 Å². The molecule has 2 unspecified atom stereocenters. The number of aryl methyl sites for hydroxylation is 1. The Labute approximate surface area is 152 Å². The topological polar surface area (TPSA) is 49.3 Å². The van der Waals surface area contributed by atoms with E-state index in [2.05, 4.69) is 35.6 Å². The molecule has 1 amide bonds. The molecule has 25 heavy (non-hydrogen) atoms. The first-order chi connectivity index (χ1) is 12.2. The van der Waals surface area contributed by atoms with Gasteiger partial charge in [-0.25, -0.2) is 0 Å². The van der Waals surface area contributed by atoms with E-state index in [1.54, 1.807) is 0 Å². The molecule has 0 saturated heterocycles. The highest BCUT2D eigenvalue weighted by Gasteiger charge is 2.33. The smallest absolute Gasteiger partial charge is 0.223 e. The first-order valence-corrected chi connectivity index (χ1v) is 10.2. The van der Waals surface area contributed by atoms with E-state index >= 15 is 0 Å². The number of carbonyl (C=O) groups is 1. The van der Waals surface area contributed by atoms with Gasteiger partial charge >= 0.3 is 0 Å². The molecule has 0 radical (unpaired) electrons. The quantitative estimate of drug-likeness (QED) is 0.728. The zero-order chi connectivity index (χ0) is 17.5. The number of benzene rings is 1. The summed E-state index contributed by atoms with van der Waals surface area (Å²) in [6.45, 7) is 0. The molecule has 2 saturated carbocycles. The number of rotatable bonds is 7. The molecular weight excluding hydrogens is 310 g/mol. The van der Waals surface area contributed by atoms with Crippen LogP contribution in [0, 0.1) is 11.8 Å². The summed E-state index contributed by atoms with van der Waals surface area (Å²) in [5.74, 6) is 1.08. The van der Waals surface area contributed by atoms with Gasteiger partial charge in [-0.05, 0) is 69.3 Å². The van der Waals surface area contributed by atoms with E-state index in [1.165, 1.54) is 37.7 Å². The molecule has 0 bridgehead atoms. The van der Waals surface area contributed by atoms with Crippen LogP contribution in [0.2, 0.25) is 0 Å². The molecule has 138 valence electrons. The van der Waals surface area contributed by atoms with Crippen molar-refractivity contribution in [2.45, 2.75) is 82.8 Å². The fourth-order valence-electron chi connectivity index (χ4n) is 4.64. The van der Waals surface area contributed by atoms with Crippen molar-refractivity contribution < 1.29 is 9.90 Å². The van der Waals surface area contributed by atoms with Gasteiger partial charge in [0.2, 0.25) is 5.91 Å². The van der Waals surface area contributed by atoms with Crippen LogP contribution >= 0.6 is 0 Å². The molecule has 0 aliphatic heterocycles. The Bertz CT molecular complexity index is 522. The minimum atomic E-state index is -0.156. The second-order valence-electron chi connectivity index (χ2n) is 8.04. The van der Waals surface area contributed by atoms with E-state index in [0.717, 1.165) is 38.5 Å². The molecular formula is C22H33NO2. The van der Waals surface area contributed by atoms with Crippen molar-refractivity contribution in [3.8, 4) is 0 Å². The Morgan fingerprint density at radius 1 is 1.00 bits per heavy atom. The first kappa shape index (κ1) is 18.4. The van der Waals surface area contributed by atoms with Crippen molar-refractivity contribution in [2.75, 3.05) is 0 Å². The zero-order valence-electron chi connectivity index (χ0n) is 15.3. The van der Waals surface area contributed by atoms with Crippen molar-refractivity contribution >= 4 is 5.91 Å². The van der Waals surface area contributed by atoms with E-state index in [9.17, 15) is 9.90 Å². The highest BCUT2D eigenvalue weighted by Crippen LogP contribution is 2.36. The van der Waals surface area contributed by atoms with Gasteiger partial charge in [-0.1, -0.05) is 43.2 Å². The normalized spacial score (nSPS) is 29.5. The van der Waals surface area contributed by atoms with Gasteiger partial charge in [0, 0.05) is 12.0 Å². The van der Waals surface area contributed by atoms with Crippen LogP contribution in [0.1, 0.15) is 69.8 Å². The largest absolute Gasteiger partial charge is 0.393 e. The van der Waals surface area contributed by atoms with E-state index in [-0.39, 0.29) is 24.0 Å². The standard InChI is InChI=1S/C22H33NO2/c24-20-15-13-19(14-16-20)23-22(25)21-12-6-11-18(21)10-5-4-9-17-7-2-1-3-8-17/h1-3,7-8,18-21,24H,4-6,9-16H2,(H,23,25). The summed E-state index contributed by atoms with van der Waals surface area (Å²) in [5.41, 5.74) is 1.42. The van der Waals surface area contributed by atoms with Gasteiger partial charge in [0.1, 0.15) is 0 Å². The SMILES string of the molecule is O=C(NC1CCC(O)CC1)C1CCCC1CCCCc1ccccc1. The number of carbonyl (C=O) groups excluding carboxylic acids is 1. The number of aliphatic hydroxyl groups excluding tert-OH is 1. The van der Waals surface area contributed by atoms with Crippen LogP contribution < -0.4 is 5.32 Å². The number of amides is 1. The van der Waals surface area contributed by atoms with Crippen LogP contribution in [0.15, 0.2) is 30.3 Å². The molecule has 2 aliphatic carbocycles. The maximum atomic E-state index is 12.7. The number of unbranched alkanes of at least 4 members (excludes halogenated alkanes) is 1. The predicted molar refractivity (Wildman–Crippen MR) is 101 cm³/mol. The lowest BCUT2D eigenvalue weighted by molar-refractivity contribution is -0.127. The van der Waals surface area contributed by atoms with E-state index in [1.807, 2.05) is 0 Å². The summed E-state index contributed by atoms with van der Waals surface area (Å²) in [6.07, 6.45) is 11.6. The number of nitrogens with one attached hydrogen (secondary N) is 1. The van der Waals surface area contributed by atoms with Crippen LogP contribution in [0.5, 0.6) is 0 Å². The maximum absolute atomic E-state index is 12.7. The van der Waals surface area contributed by atoms with Gasteiger partial charge in [0.15, 0.2) is 0 Å². The highest BCUT2D eigenvalue weighted by atomic mass is 16.3. The second-order valence-corrected chi connectivity index (χ2v) is 8.04. The number of hydrogen-bond acceptors (Lipinski definition) is 2. The average molecular weight is 344 g/mol. The molecule has 2 aliphatic rings. The zero-order valence-corrected chi connectivity index (χ0v) is 15.3. The lowest BCUT2D eigenvalue weighted by Gasteiger charge is -2.28. The summed E-state index contributed by atoms with van der Waals surface area (Å²) in [7, 11) is 0. The third kappa shape index (κ3) is 5.57. The Morgan fingerprint density at radius 2 is 1.76 bits per heavy atom. The van der Waals surface area contributed by atoms with Gasteiger partial charge in [0.25, 0.3) is 0 Å². The second kappa shape index (κ2) is 9.38. The van der Waals surface area contributed by atoms with Crippen molar-refractivity contribution in [3.05, 3.63) is 35.9 Å². The molecule has 3 nitrogen and oxygen atoms in total. The maximum Gasteiger partial charge on any atom is 0.223 e. The average Bonchev–Trinajstić information content (AvgIpc) is 3.10. The summed E-state index contributed by atoms with van der Waals surface area (Å²) in [6, 6.07) is 11.0. The van der Waals surface area contributed by atoms with E-state index in [4.69, 9.17) is 0 Å². The van der Waals surface area contributed by atoms with Crippen molar-refractivity contribution in [2.24, 2.45) is 11.8 Å². The summed E-state index contributed by atoms with van der Waals surface area (Å²) in [4.78, 5) is 12.7. The highest BCUT2D eigenvalue weighted by molar-refractivity contribution is 5.79. The van der Waals surface area contributed by atoms with Gasteiger partial charge in [-0.15, -0.1) is 0 Å². The molecule has 2 N–H and O–H groups in total. The van der Waals surface area contributed by atoms with Crippen molar-refractivity contribution in [1.82, 2.24) is 5.32 Å². The fourth-order valence-corrected chi connectivity index (χ4v) is 4.64. The lowest BCUT2D eigenvalue weighted by atomic mass is 9.88. The van der Waals surface area contributed by atoms with Crippen LogP contribution in [0.3, 0.4) is 0 Å². The van der Waals surface area contributed by atoms with Gasteiger partial charge in [0.05, 0.1) is 6.10 Å². The van der Waals surface area contributed by atoms with Crippen molar-refractivity contribution in [3.63, 3.8) is 0 Å². The Balaban J connectivity index is 1.38. The third-order valence-corrected chi connectivity index (χ3v) is 6.17. The fraction of sp³-hybridized carbons (Fsp3) is 0.682. The summed E-state index contributed by atoms with van der Waals surface area (Å²) < 4.78 is 0. The molecule has 0 aromatic heterocycles. The monoisotopic (exact) mass is 343 g/mol. The summed E-state index contributed by atoms with van der Waals surface area (Å²) >= 11 is 0. The van der Waals surface area contributed by atoms with Gasteiger partial charge in [-0.2, -0.15) is 0 Å². The van der Waals surface area contributed by atoms with Gasteiger partial charge in [-0.3, -0.25) is 4.79 Å². The van der Waals surface area contributed by atoms with Crippen LogP contribution in [0.4, 0.5) is 0 Å². The molecule has 3 rings (SSSR count). The number of hydrogen-bond donors (Lipinski definition) is 2. The molecule has 0 heterocycles. The molecule has 1 aromatic carbocycles.